The minimum absolute atomic E-state index is 0.143. The zero-order chi connectivity index (χ0) is 14.3. The first-order valence-corrected chi connectivity index (χ1v) is 6.94. The topological polar surface area (TPSA) is 38.3 Å². The van der Waals surface area contributed by atoms with E-state index in [-0.39, 0.29) is 11.7 Å². The lowest BCUT2D eigenvalue weighted by atomic mass is 10.1. The van der Waals surface area contributed by atoms with E-state index in [9.17, 15) is 4.79 Å². The summed E-state index contributed by atoms with van der Waals surface area (Å²) in [5.74, 6) is 0.430. The number of rotatable bonds is 5. The second-order valence-corrected chi connectivity index (χ2v) is 4.53. The lowest BCUT2D eigenvalue weighted by Crippen LogP contribution is -2.30. The highest BCUT2D eigenvalue weighted by atomic mass is 16.5. The van der Waals surface area contributed by atoms with E-state index in [2.05, 4.69) is 5.32 Å². The minimum atomic E-state index is 0.143. The van der Waals surface area contributed by atoms with Gasteiger partial charge in [-0.25, -0.2) is 0 Å². The molecule has 1 N–H and O–H groups in total. The highest BCUT2D eigenvalue weighted by molar-refractivity contribution is 5.81. The van der Waals surface area contributed by atoms with Crippen molar-refractivity contribution in [2.24, 2.45) is 5.92 Å². The van der Waals surface area contributed by atoms with Gasteiger partial charge in [0.1, 0.15) is 5.78 Å². The molecule has 0 aromatic rings. The summed E-state index contributed by atoms with van der Waals surface area (Å²) in [7, 11) is 0. The number of nitrogens with one attached hydrogen (secondary N) is 1. The molecular formula is C16H27NO2. The Morgan fingerprint density at radius 1 is 1.16 bits per heavy atom. The molecule has 1 aliphatic heterocycles. The molecule has 0 radical (unpaired) electrons. The van der Waals surface area contributed by atoms with E-state index >= 15 is 0 Å². The number of carbonyl (C=O) groups is 1. The number of hydrogen-bond acceptors (Lipinski definition) is 3. The average Bonchev–Trinajstić information content (AvgIpc) is 2.45. The minimum Gasteiger partial charge on any atom is -0.379 e. The molecule has 0 aromatic carbocycles. The Kier molecular flexibility index (Phi) is 12.4. The predicted molar refractivity (Wildman–Crippen MR) is 81.2 cm³/mol. The van der Waals surface area contributed by atoms with Crippen LogP contribution in [0.1, 0.15) is 27.2 Å². The summed E-state index contributed by atoms with van der Waals surface area (Å²) in [5, 5.41) is 3.16. The highest BCUT2D eigenvalue weighted by Gasteiger charge is 2.02. The van der Waals surface area contributed by atoms with Crippen molar-refractivity contribution in [1.82, 2.24) is 5.32 Å². The number of carbonyl (C=O) groups excluding carboxylic acids is 1. The molecule has 3 heteroatoms. The van der Waals surface area contributed by atoms with E-state index in [1.165, 1.54) is 0 Å². The second kappa shape index (κ2) is 13.2. The Morgan fingerprint density at radius 2 is 1.79 bits per heavy atom. The summed E-state index contributed by atoms with van der Waals surface area (Å²) in [6, 6.07) is 0. The molecule has 1 saturated heterocycles. The van der Waals surface area contributed by atoms with E-state index in [4.69, 9.17) is 4.74 Å². The third-order valence-electron chi connectivity index (χ3n) is 2.47. The number of Topliss-reactive ketones (excluding diaryl/α,β-unsaturated/α-hetero) is 1. The van der Waals surface area contributed by atoms with E-state index in [1.807, 2.05) is 57.2 Å². The van der Waals surface area contributed by atoms with Gasteiger partial charge in [0.2, 0.25) is 0 Å². The maximum Gasteiger partial charge on any atom is 0.139 e. The van der Waals surface area contributed by atoms with Gasteiger partial charge in [-0.1, -0.05) is 50.3 Å². The zero-order valence-electron chi connectivity index (χ0n) is 12.4. The quantitative estimate of drug-likeness (QED) is 0.777. The first-order valence-electron chi connectivity index (χ1n) is 6.94. The summed E-state index contributed by atoms with van der Waals surface area (Å²) >= 11 is 0. The van der Waals surface area contributed by atoms with Gasteiger partial charge in [0.15, 0.2) is 0 Å². The van der Waals surface area contributed by atoms with Gasteiger partial charge < -0.3 is 10.1 Å². The van der Waals surface area contributed by atoms with Crippen LogP contribution in [0.5, 0.6) is 0 Å². The third-order valence-corrected chi connectivity index (χ3v) is 2.47. The van der Waals surface area contributed by atoms with Crippen LogP contribution in [0.2, 0.25) is 0 Å². The van der Waals surface area contributed by atoms with Crippen LogP contribution in [0.15, 0.2) is 36.5 Å². The first-order chi connectivity index (χ1) is 9.18. The number of ether oxygens (including phenoxy) is 1. The standard InChI is InChI=1S/C12H18O.C4H9NO/c1-4-5-6-7-8-9-10-12(13)11(2)3;1-3-6-4-2-5-1/h4-9,11H,10H2,1-3H3;5H,1-4H2/b5-4-,7-6-,9-8+;. The summed E-state index contributed by atoms with van der Waals surface area (Å²) < 4.78 is 5.01. The fraction of sp³-hybridized carbons (Fsp3) is 0.562. The molecule has 1 rings (SSSR count). The Labute approximate surface area is 117 Å². The van der Waals surface area contributed by atoms with Crippen LogP contribution in [-0.4, -0.2) is 32.1 Å². The second-order valence-electron chi connectivity index (χ2n) is 4.53. The molecule has 0 amide bonds. The van der Waals surface area contributed by atoms with Crippen molar-refractivity contribution in [2.75, 3.05) is 26.3 Å². The fourth-order valence-electron chi connectivity index (χ4n) is 1.25. The fourth-order valence-corrected chi connectivity index (χ4v) is 1.25. The molecule has 0 aliphatic carbocycles. The smallest absolute Gasteiger partial charge is 0.139 e. The van der Waals surface area contributed by atoms with Gasteiger partial charge in [-0.15, -0.1) is 0 Å². The summed E-state index contributed by atoms with van der Waals surface area (Å²) in [6.45, 7) is 9.65. The molecule has 1 fully saturated rings. The monoisotopic (exact) mass is 265 g/mol. The Hall–Kier alpha value is -1.19. The van der Waals surface area contributed by atoms with Gasteiger partial charge in [0.05, 0.1) is 13.2 Å². The molecule has 108 valence electrons. The van der Waals surface area contributed by atoms with Crippen molar-refractivity contribution in [1.29, 1.82) is 0 Å². The number of ketones is 1. The molecule has 3 nitrogen and oxygen atoms in total. The molecule has 0 aromatic heterocycles. The molecule has 19 heavy (non-hydrogen) atoms. The van der Waals surface area contributed by atoms with Gasteiger partial charge in [0.25, 0.3) is 0 Å². The van der Waals surface area contributed by atoms with Gasteiger partial charge in [-0.2, -0.15) is 0 Å². The van der Waals surface area contributed by atoms with Gasteiger partial charge in [-0.05, 0) is 6.92 Å². The van der Waals surface area contributed by atoms with Gasteiger partial charge in [0, 0.05) is 25.4 Å². The lowest BCUT2D eigenvalue weighted by molar-refractivity contribution is -0.121. The molecule has 0 spiro atoms. The number of morpholine rings is 1. The summed E-state index contributed by atoms with van der Waals surface area (Å²) in [4.78, 5) is 11.1. The number of allylic oxidation sites excluding steroid dienone is 6. The van der Waals surface area contributed by atoms with Crippen LogP contribution in [0, 0.1) is 5.92 Å². The maximum absolute atomic E-state index is 11.1. The van der Waals surface area contributed by atoms with Crippen LogP contribution in [0.4, 0.5) is 0 Å². The van der Waals surface area contributed by atoms with Gasteiger partial charge in [-0.3, -0.25) is 4.79 Å². The highest BCUT2D eigenvalue weighted by Crippen LogP contribution is 1.99. The van der Waals surface area contributed by atoms with Crippen molar-refractivity contribution in [3.05, 3.63) is 36.5 Å². The Morgan fingerprint density at radius 3 is 2.21 bits per heavy atom. The Balaban J connectivity index is 0.000000443. The lowest BCUT2D eigenvalue weighted by Gasteiger charge is -2.10. The zero-order valence-corrected chi connectivity index (χ0v) is 12.4. The molecule has 1 aliphatic rings. The SMILES string of the molecule is C1COCCN1.C\C=C/C=C\C=C\CC(=O)C(C)C. The van der Waals surface area contributed by atoms with Crippen molar-refractivity contribution in [3.8, 4) is 0 Å². The molecule has 0 saturated carbocycles. The van der Waals surface area contributed by atoms with E-state index in [0.29, 0.717) is 6.42 Å². The van der Waals surface area contributed by atoms with E-state index in [0.717, 1.165) is 26.3 Å². The average molecular weight is 265 g/mol. The normalized spacial score (nSPS) is 16.2. The van der Waals surface area contributed by atoms with Crippen molar-refractivity contribution >= 4 is 5.78 Å². The van der Waals surface area contributed by atoms with Crippen LogP contribution >= 0.6 is 0 Å². The molecule has 0 unspecified atom stereocenters. The van der Waals surface area contributed by atoms with E-state index < -0.39 is 0 Å². The third kappa shape index (κ3) is 13.0. The molecule has 0 bridgehead atoms. The molecular weight excluding hydrogens is 238 g/mol. The van der Waals surface area contributed by atoms with Crippen LogP contribution in [0.25, 0.3) is 0 Å². The van der Waals surface area contributed by atoms with Crippen molar-refractivity contribution in [2.45, 2.75) is 27.2 Å². The molecule has 0 atom stereocenters. The van der Waals surface area contributed by atoms with E-state index in [1.54, 1.807) is 0 Å². The number of hydrogen-bond donors (Lipinski definition) is 1. The van der Waals surface area contributed by atoms with Crippen LogP contribution in [-0.2, 0) is 9.53 Å². The first kappa shape index (κ1) is 17.8. The largest absolute Gasteiger partial charge is 0.379 e. The van der Waals surface area contributed by atoms with Crippen LogP contribution < -0.4 is 5.32 Å². The summed E-state index contributed by atoms with van der Waals surface area (Å²) in [5.41, 5.74) is 0. The molecule has 1 heterocycles. The summed E-state index contributed by atoms with van der Waals surface area (Å²) in [6.07, 6.45) is 12.1. The van der Waals surface area contributed by atoms with Crippen LogP contribution in [0.3, 0.4) is 0 Å². The van der Waals surface area contributed by atoms with Crippen molar-refractivity contribution in [3.63, 3.8) is 0 Å². The van der Waals surface area contributed by atoms with Crippen molar-refractivity contribution < 1.29 is 9.53 Å². The van der Waals surface area contributed by atoms with Gasteiger partial charge >= 0.3 is 0 Å². The predicted octanol–water partition coefficient (Wildman–Crippen LogP) is 2.90. The maximum atomic E-state index is 11.1. The Bertz CT molecular complexity index is 288.